The monoisotopic (exact) mass is 248 g/mol. The molecular formula is C15H24N2O. The molecule has 0 bridgehead atoms. The van der Waals surface area contributed by atoms with Gasteiger partial charge >= 0.3 is 0 Å². The summed E-state index contributed by atoms with van der Waals surface area (Å²) in [5.41, 5.74) is 7.59. The SMILES string of the molecule is CCC(C)(C)N(C)C(=O)Cc1ccc(CN)cc1. The summed E-state index contributed by atoms with van der Waals surface area (Å²) in [5.74, 6) is 0.155. The van der Waals surface area contributed by atoms with E-state index in [-0.39, 0.29) is 11.4 Å². The van der Waals surface area contributed by atoms with Crippen molar-refractivity contribution in [2.45, 2.75) is 45.7 Å². The first-order valence-electron chi connectivity index (χ1n) is 6.45. The highest BCUT2D eigenvalue weighted by Gasteiger charge is 2.25. The van der Waals surface area contributed by atoms with Gasteiger partial charge in [-0.15, -0.1) is 0 Å². The molecule has 0 unspecified atom stereocenters. The molecule has 0 radical (unpaired) electrons. The molecule has 0 aliphatic heterocycles. The first kappa shape index (κ1) is 14.7. The van der Waals surface area contributed by atoms with Crippen LogP contribution in [0.2, 0.25) is 0 Å². The number of amides is 1. The van der Waals surface area contributed by atoms with E-state index in [1.165, 1.54) is 0 Å². The lowest BCUT2D eigenvalue weighted by molar-refractivity contribution is -0.133. The molecule has 0 aliphatic carbocycles. The van der Waals surface area contributed by atoms with E-state index in [0.717, 1.165) is 17.5 Å². The maximum absolute atomic E-state index is 12.2. The molecule has 3 heteroatoms. The quantitative estimate of drug-likeness (QED) is 0.869. The predicted molar refractivity (Wildman–Crippen MR) is 75.2 cm³/mol. The molecule has 1 amide bonds. The summed E-state index contributed by atoms with van der Waals surface area (Å²) in [5, 5.41) is 0. The van der Waals surface area contributed by atoms with E-state index in [0.29, 0.717) is 13.0 Å². The highest BCUT2D eigenvalue weighted by atomic mass is 16.2. The van der Waals surface area contributed by atoms with Crippen LogP contribution in [0.5, 0.6) is 0 Å². The number of likely N-dealkylation sites (N-methyl/N-ethyl adjacent to an activating group) is 1. The Kier molecular flexibility index (Phi) is 4.91. The van der Waals surface area contributed by atoms with Gasteiger partial charge in [0, 0.05) is 19.1 Å². The molecule has 3 nitrogen and oxygen atoms in total. The standard InChI is InChI=1S/C15H24N2O/c1-5-15(2,3)17(4)14(18)10-12-6-8-13(11-16)9-7-12/h6-9H,5,10-11,16H2,1-4H3. The fourth-order valence-corrected chi connectivity index (χ4v) is 1.66. The second-order valence-corrected chi connectivity index (χ2v) is 5.32. The number of nitrogens with two attached hydrogens (primary N) is 1. The predicted octanol–water partition coefficient (Wildman–Crippen LogP) is 2.33. The van der Waals surface area contributed by atoms with Crippen molar-refractivity contribution >= 4 is 5.91 Å². The van der Waals surface area contributed by atoms with Crippen molar-refractivity contribution in [1.29, 1.82) is 0 Å². The average Bonchev–Trinajstić information content (AvgIpc) is 2.38. The van der Waals surface area contributed by atoms with Gasteiger partial charge in [0.05, 0.1) is 6.42 Å². The minimum atomic E-state index is -0.0890. The van der Waals surface area contributed by atoms with Crippen molar-refractivity contribution in [3.05, 3.63) is 35.4 Å². The van der Waals surface area contributed by atoms with Crippen LogP contribution in [0.4, 0.5) is 0 Å². The summed E-state index contributed by atoms with van der Waals surface area (Å²) >= 11 is 0. The van der Waals surface area contributed by atoms with Gasteiger partial charge in [-0.25, -0.2) is 0 Å². The lowest BCUT2D eigenvalue weighted by atomic mass is 9.99. The number of nitrogens with zero attached hydrogens (tertiary/aromatic N) is 1. The Balaban J connectivity index is 2.69. The number of hydrogen-bond acceptors (Lipinski definition) is 2. The van der Waals surface area contributed by atoms with Gasteiger partial charge in [-0.05, 0) is 31.4 Å². The molecule has 0 heterocycles. The second kappa shape index (κ2) is 6.01. The normalized spacial score (nSPS) is 11.4. The Labute approximate surface area is 110 Å². The fourth-order valence-electron chi connectivity index (χ4n) is 1.66. The molecular weight excluding hydrogens is 224 g/mol. The number of carbonyl (C=O) groups excluding carboxylic acids is 1. The van der Waals surface area contributed by atoms with Gasteiger partial charge in [0.25, 0.3) is 0 Å². The third-order valence-corrected chi connectivity index (χ3v) is 3.76. The minimum Gasteiger partial charge on any atom is -0.340 e. The summed E-state index contributed by atoms with van der Waals surface area (Å²) in [6.45, 7) is 6.81. The van der Waals surface area contributed by atoms with Crippen molar-refractivity contribution in [2.24, 2.45) is 5.73 Å². The van der Waals surface area contributed by atoms with Gasteiger partial charge in [-0.2, -0.15) is 0 Å². The molecule has 0 saturated carbocycles. The molecule has 0 saturated heterocycles. The molecule has 2 N–H and O–H groups in total. The summed E-state index contributed by atoms with van der Waals surface area (Å²) in [6, 6.07) is 7.92. The van der Waals surface area contributed by atoms with Crippen LogP contribution in [0.3, 0.4) is 0 Å². The summed E-state index contributed by atoms with van der Waals surface area (Å²) in [6.07, 6.45) is 1.39. The summed E-state index contributed by atoms with van der Waals surface area (Å²) in [7, 11) is 1.88. The Morgan fingerprint density at radius 2 is 1.72 bits per heavy atom. The summed E-state index contributed by atoms with van der Waals surface area (Å²) in [4.78, 5) is 14.0. The van der Waals surface area contributed by atoms with Crippen LogP contribution in [0, 0.1) is 0 Å². The number of benzene rings is 1. The number of hydrogen-bond donors (Lipinski definition) is 1. The van der Waals surface area contributed by atoms with Crippen LogP contribution < -0.4 is 5.73 Å². The Hall–Kier alpha value is -1.35. The molecule has 1 aromatic rings. The van der Waals surface area contributed by atoms with Gasteiger partial charge < -0.3 is 10.6 Å². The van der Waals surface area contributed by atoms with Crippen LogP contribution in [0.1, 0.15) is 38.3 Å². The molecule has 0 aliphatic rings. The zero-order valence-electron chi connectivity index (χ0n) is 11.9. The number of rotatable bonds is 5. The van der Waals surface area contributed by atoms with Gasteiger partial charge in [-0.3, -0.25) is 4.79 Å². The fraction of sp³-hybridized carbons (Fsp3) is 0.533. The van der Waals surface area contributed by atoms with E-state index in [9.17, 15) is 4.79 Å². The number of carbonyl (C=O) groups is 1. The molecule has 0 spiro atoms. The molecule has 0 atom stereocenters. The van der Waals surface area contributed by atoms with E-state index >= 15 is 0 Å². The zero-order chi connectivity index (χ0) is 13.8. The highest BCUT2D eigenvalue weighted by molar-refractivity contribution is 5.79. The van der Waals surface area contributed by atoms with E-state index in [1.807, 2.05) is 36.2 Å². The van der Waals surface area contributed by atoms with Crippen molar-refractivity contribution in [1.82, 2.24) is 4.90 Å². The smallest absolute Gasteiger partial charge is 0.227 e. The van der Waals surface area contributed by atoms with Gasteiger partial charge in [0.15, 0.2) is 0 Å². The van der Waals surface area contributed by atoms with Crippen LogP contribution in [0.25, 0.3) is 0 Å². The maximum atomic E-state index is 12.2. The topological polar surface area (TPSA) is 46.3 Å². The molecule has 18 heavy (non-hydrogen) atoms. The molecule has 0 aromatic heterocycles. The minimum absolute atomic E-state index is 0.0890. The first-order valence-corrected chi connectivity index (χ1v) is 6.45. The van der Waals surface area contributed by atoms with E-state index < -0.39 is 0 Å². The average molecular weight is 248 g/mol. The van der Waals surface area contributed by atoms with Crippen molar-refractivity contribution in [3.8, 4) is 0 Å². The molecule has 0 fully saturated rings. The van der Waals surface area contributed by atoms with Crippen LogP contribution in [-0.2, 0) is 17.8 Å². The summed E-state index contributed by atoms with van der Waals surface area (Å²) < 4.78 is 0. The second-order valence-electron chi connectivity index (χ2n) is 5.32. The largest absolute Gasteiger partial charge is 0.340 e. The van der Waals surface area contributed by atoms with E-state index in [4.69, 9.17) is 5.73 Å². The van der Waals surface area contributed by atoms with Gasteiger partial charge in [-0.1, -0.05) is 31.2 Å². The molecule has 100 valence electrons. The van der Waals surface area contributed by atoms with Crippen molar-refractivity contribution in [3.63, 3.8) is 0 Å². The third kappa shape index (κ3) is 3.57. The lowest BCUT2D eigenvalue weighted by Crippen LogP contribution is -2.45. The Bertz CT molecular complexity index is 395. The van der Waals surface area contributed by atoms with Gasteiger partial charge in [0.2, 0.25) is 5.91 Å². The van der Waals surface area contributed by atoms with Crippen molar-refractivity contribution in [2.75, 3.05) is 7.05 Å². The Morgan fingerprint density at radius 3 is 2.17 bits per heavy atom. The lowest BCUT2D eigenvalue weighted by Gasteiger charge is -2.35. The van der Waals surface area contributed by atoms with Crippen LogP contribution in [-0.4, -0.2) is 23.4 Å². The first-order chi connectivity index (χ1) is 8.40. The third-order valence-electron chi connectivity index (χ3n) is 3.76. The van der Waals surface area contributed by atoms with Gasteiger partial charge in [0.1, 0.15) is 0 Å². The van der Waals surface area contributed by atoms with E-state index in [1.54, 1.807) is 0 Å². The Morgan fingerprint density at radius 1 is 1.22 bits per heavy atom. The van der Waals surface area contributed by atoms with Crippen LogP contribution in [0.15, 0.2) is 24.3 Å². The molecule has 1 rings (SSSR count). The maximum Gasteiger partial charge on any atom is 0.227 e. The molecule has 1 aromatic carbocycles. The van der Waals surface area contributed by atoms with Crippen molar-refractivity contribution < 1.29 is 4.79 Å². The van der Waals surface area contributed by atoms with E-state index in [2.05, 4.69) is 20.8 Å². The zero-order valence-corrected chi connectivity index (χ0v) is 11.9. The highest BCUT2D eigenvalue weighted by Crippen LogP contribution is 2.17. The van der Waals surface area contributed by atoms with Crippen LogP contribution >= 0.6 is 0 Å².